The van der Waals surface area contributed by atoms with E-state index in [1.165, 1.54) is 0 Å². The summed E-state index contributed by atoms with van der Waals surface area (Å²) in [6, 6.07) is 14.6. The fourth-order valence-electron chi connectivity index (χ4n) is 2.35. The van der Waals surface area contributed by atoms with Crippen molar-refractivity contribution in [3.63, 3.8) is 0 Å². The number of likely N-dealkylation sites (N-methyl/N-ethyl adjacent to an activating group) is 1. The van der Waals surface area contributed by atoms with E-state index in [4.69, 9.17) is 27.7 Å². The molecule has 0 aliphatic heterocycles. The predicted octanol–water partition coefficient (Wildman–Crippen LogP) is 4.11. The van der Waals surface area contributed by atoms with Gasteiger partial charge in [-0.25, -0.2) is 0 Å². The number of hydrogen-bond acceptors (Lipinski definition) is 5. The Morgan fingerprint density at radius 2 is 1.81 bits per heavy atom. The van der Waals surface area contributed by atoms with E-state index in [-0.39, 0.29) is 12.5 Å². The summed E-state index contributed by atoms with van der Waals surface area (Å²) in [6.45, 7) is 0.452. The largest absolute Gasteiger partial charge is 0.338 e. The normalized spacial score (nSPS) is 10.9. The van der Waals surface area contributed by atoms with E-state index in [9.17, 15) is 4.79 Å². The Balaban J connectivity index is 1.58. The topological polar surface area (TPSA) is 71.3 Å². The lowest BCUT2D eigenvalue weighted by molar-refractivity contribution is -0.117. The number of carbonyl (C=O) groups excluding carboxylic acids is 1. The molecule has 3 rings (SSSR count). The molecule has 0 saturated heterocycles. The highest BCUT2D eigenvalue weighted by molar-refractivity contribution is 6.39. The van der Waals surface area contributed by atoms with Crippen molar-refractivity contribution in [2.75, 3.05) is 18.9 Å². The number of anilines is 1. The number of para-hydroxylation sites is 1. The second-order valence-corrected chi connectivity index (χ2v) is 6.51. The molecule has 1 N–H and O–H groups in total. The molecule has 6 nitrogen and oxygen atoms in total. The SMILES string of the molecule is CN(CC(=O)Nc1c(Cl)cccc1Cl)Cc1nc(-c2ccccc2)no1. The Morgan fingerprint density at radius 1 is 1.12 bits per heavy atom. The summed E-state index contributed by atoms with van der Waals surface area (Å²) in [5.41, 5.74) is 1.27. The zero-order valence-corrected chi connectivity index (χ0v) is 15.5. The average Bonchev–Trinajstić information content (AvgIpc) is 3.07. The smallest absolute Gasteiger partial charge is 0.241 e. The van der Waals surface area contributed by atoms with Crippen LogP contribution in [0.15, 0.2) is 53.1 Å². The quantitative estimate of drug-likeness (QED) is 0.685. The van der Waals surface area contributed by atoms with Gasteiger partial charge in [0.2, 0.25) is 17.6 Å². The Hall–Kier alpha value is -2.41. The van der Waals surface area contributed by atoms with Crippen molar-refractivity contribution in [2.45, 2.75) is 6.54 Å². The molecule has 0 fully saturated rings. The van der Waals surface area contributed by atoms with Gasteiger partial charge in [0, 0.05) is 5.56 Å². The Bertz CT molecular complexity index is 879. The Kier molecular flexibility index (Phi) is 5.88. The van der Waals surface area contributed by atoms with Gasteiger partial charge < -0.3 is 9.84 Å². The fraction of sp³-hybridized carbons (Fsp3) is 0.167. The lowest BCUT2D eigenvalue weighted by Crippen LogP contribution is -2.30. The zero-order chi connectivity index (χ0) is 18.5. The molecule has 8 heteroatoms. The van der Waals surface area contributed by atoms with Crippen LogP contribution in [-0.2, 0) is 11.3 Å². The number of halogens is 2. The number of hydrogen-bond donors (Lipinski definition) is 1. The minimum Gasteiger partial charge on any atom is -0.338 e. The molecule has 134 valence electrons. The molecule has 0 spiro atoms. The first-order valence-electron chi connectivity index (χ1n) is 7.83. The van der Waals surface area contributed by atoms with E-state index in [1.54, 1.807) is 30.1 Å². The summed E-state index contributed by atoms with van der Waals surface area (Å²) >= 11 is 12.1. The third-order valence-corrected chi connectivity index (χ3v) is 4.18. The van der Waals surface area contributed by atoms with Gasteiger partial charge in [-0.15, -0.1) is 0 Å². The van der Waals surface area contributed by atoms with Crippen molar-refractivity contribution < 1.29 is 9.32 Å². The molecule has 3 aromatic rings. The zero-order valence-electron chi connectivity index (χ0n) is 13.9. The summed E-state index contributed by atoms with van der Waals surface area (Å²) in [5, 5.41) is 7.45. The molecule has 0 saturated carbocycles. The van der Waals surface area contributed by atoms with Crippen LogP contribution in [0.5, 0.6) is 0 Å². The molecule has 2 aromatic carbocycles. The van der Waals surface area contributed by atoms with Crippen molar-refractivity contribution in [3.8, 4) is 11.4 Å². The Morgan fingerprint density at radius 3 is 2.50 bits per heavy atom. The second-order valence-electron chi connectivity index (χ2n) is 5.69. The van der Waals surface area contributed by atoms with Crippen LogP contribution >= 0.6 is 23.2 Å². The van der Waals surface area contributed by atoms with Crippen LogP contribution in [0.1, 0.15) is 5.89 Å². The van der Waals surface area contributed by atoms with E-state index in [1.807, 2.05) is 30.3 Å². The molecule has 0 unspecified atom stereocenters. The van der Waals surface area contributed by atoms with Crippen molar-refractivity contribution in [1.29, 1.82) is 0 Å². The van der Waals surface area contributed by atoms with Crippen molar-refractivity contribution >= 4 is 34.8 Å². The molecular weight excluding hydrogens is 375 g/mol. The first-order valence-corrected chi connectivity index (χ1v) is 8.59. The predicted molar refractivity (Wildman–Crippen MR) is 101 cm³/mol. The lowest BCUT2D eigenvalue weighted by atomic mass is 10.2. The number of benzene rings is 2. The molecule has 1 amide bonds. The van der Waals surface area contributed by atoms with Gasteiger partial charge >= 0.3 is 0 Å². The second kappa shape index (κ2) is 8.31. The third-order valence-electron chi connectivity index (χ3n) is 3.55. The monoisotopic (exact) mass is 390 g/mol. The summed E-state index contributed by atoms with van der Waals surface area (Å²) in [4.78, 5) is 18.3. The maximum Gasteiger partial charge on any atom is 0.241 e. The van der Waals surface area contributed by atoms with Gasteiger partial charge in [-0.2, -0.15) is 4.98 Å². The molecule has 0 aliphatic rings. The highest BCUT2D eigenvalue weighted by Crippen LogP contribution is 2.29. The number of aromatic nitrogens is 2. The van der Waals surface area contributed by atoms with Crippen molar-refractivity contribution in [3.05, 3.63) is 64.5 Å². The summed E-state index contributed by atoms with van der Waals surface area (Å²) in [5.74, 6) is 0.696. The van der Waals surface area contributed by atoms with Crippen LogP contribution in [0.25, 0.3) is 11.4 Å². The van der Waals surface area contributed by atoms with Crippen LogP contribution in [0.3, 0.4) is 0 Å². The van der Waals surface area contributed by atoms with Crippen molar-refractivity contribution in [1.82, 2.24) is 15.0 Å². The molecule has 0 radical (unpaired) electrons. The maximum atomic E-state index is 12.2. The molecule has 0 bridgehead atoms. The summed E-state index contributed by atoms with van der Waals surface area (Å²) < 4.78 is 5.25. The van der Waals surface area contributed by atoms with E-state index >= 15 is 0 Å². The van der Waals surface area contributed by atoms with E-state index < -0.39 is 0 Å². The van der Waals surface area contributed by atoms with Gasteiger partial charge in [0.15, 0.2) is 0 Å². The fourth-order valence-corrected chi connectivity index (χ4v) is 2.84. The van der Waals surface area contributed by atoms with E-state index in [0.717, 1.165) is 5.56 Å². The summed E-state index contributed by atoms with van der Waals surface area (Å²) in [6.07, 6.45) is 0. The summed E-state index contributed by atoms with van der Waals surface area (Å²) in [7, 11) is 1.78. The third kappa shape index (κ3) is 4.60. The first kappa shape index (κ1) is 18.4. The molecule has 1 heterocycles. The van der Waals surface area contributed by atoms with Crippen molar-refractivity contribution in [2.24, 2.45) is 0 Å². The van der Waals surface area contributed by atoms with Crippen LogP contribution in [0, 0.1) is 0 Å². The number of nitrogens with zero attached hydrogens (tertiary/aromatic N) is 3. The molecule has 1 aromatic heterocycles. The molecular formula is C18H16Cl2N4O2. The van der Waals surface area contributed by atoms with Gasteiger partial charge in [-0.05, 0) is 19.2 Å². The van der Waals surface area contributed by atoms with Gasteiger partial charge in [0.25, 0.3) is 0 Å². The number of nitrogens with one attached hydrogen (secondary N) is 1. The number of rotatable bonds is 6. The molecule has 26 heavy (non-hydrogen) atoms. The van der Waals surface area contributed by atoms with E-state index in [0.29, 0.717) is 34.0 Å². The lowest BCUT2D eigenvalue weighted by Gasteiger charge is -2.15. The van der Waals surface area contributed by atoms with Gasteiger partial charge in [-0.3, -0.25) is 9.69 Å². The van der Waals surface area contributed by atoms with Crippen LogP contribution in [0.2, 0.25) is 10.0 Å². The average molecular weight is 391 g/mol. The van der Waals surface area contributed by atoms with Gasteiger partial charge in [0.05, 0.1) is 28.8 Å². The Labute approximate surface area is 160 Å². The minimum absolute atomic E-state index is 0.116. The number of carbonyl (C=O) groups is 1. The van der Waals surface area contributed by atoms with Gasteiger partial charge in [0.1, 0.15) is 0 Å². The maximum absolute atomic E-state index is 12.2. The molecule has 0 atom stereocenters. The van der Waals surface area contributed by atoms with Gasteiger partial charge in [-0.1, -0.05) is 64.8 Å². The van der Waals surface area contributed by atoms with Crippen LogP contribution in [-0.4, -0.2) is 34.5 Å². The molecule has 0 aliphatic carbocycles. The first-order chi connectivity index (χ1) is 12.5. The van der Waals surface area contributed by atoms with E-state index in [2.05, 4.69) is 15.5 Å². The van der Waals surface area contributed by atoms with Crippen LogP contribution in [0.4, 0.5) is 5.69 Å². The standard InChI is InChI=1S/C18H16Cl2N4O2/c1-24(10-15(25)21-17-13(19)8-5-9-14(17)20)11-16-22-18(23-26-16)12-6-3-2-4-7-12/h2-9H,10-11H2,1H3,(H,21,25). The number of amides is 1. The highest BCUT2D eigenvalue weighted by Gasteiger charge is 2.15. The minimum atomic E-state index is -0.245. The highest BCUT2D eigenvalue weighted by atomic mass is 35.5. The van der Waals surface area contributed by atoms with Crippen LogP contribution < -0.4 is 5.32 Å².